The Morgan fingerprint density at radius 3 is 2.58 bits per heavy atom. The summed E-state index contributed by atoms with van der Waals surface area (Å²) in [6.45, 7) is 8.17. The summed E-state index contributed by atoms with van der Waals surface area (Å²) in [7, 11) is 0. The maximum Gasteiger partial charge on any atom is 0.255 e. The third-order valence-electron chi connectivity index (χ3n) is 4.90. The average molecular weight is 352 g/mol. The van der Waals surface area contributed by atoms with Crippen molar-refractivity contribution in [3.8, 4) is 5.75 Å². The number of piperidine rings is 1. The predicted octanol–water partition coefficient (Wildman–Crippen LogP) is 4.57. The molecule has 0 saturated carbocycles. The predicted molar refractivity (Wildman–Crippen MR) is 106 cm³/mol. The summed E-state index contributed by atoms with van der Waals surface area (Å²) in [6.07, 6.45) is 2.56. The molecule has 2 aromatic rings. The Labute approximate surface area is 156 Å². The number of likely N-dealkylation sites (tertiary alicyclic amines) is 1. The first-order chi connectivity index (χ1) is 12.6. The first-order valence-corrected chi connectivity index (χ1v) is 9.49. The number of carbonyl (C=O) groups is 1. The molecule has 1 amide bonds. The van der Waals surface area contributed by atoms with Crippen LogP contribution in [0.1, 0.15) is 42.6 Å². The number of nitrogens with zero attached hydrogens (tertiary/aromatic N) is 1. The van der Waals surface area contributed by atoms with E-state index in [0.29, 0.717) is 12.2 Å². The van der Waals surface area contributed by atoms with Gasteiger partial charge in [0.05, 0.1) is 6.61 Å². The number of benzene rings is 2. The molecule has 1 aliphatic rings. The molecule has 4 nitrogen and oxygen atoms in total. The fraction of sp³-hybridized carbons (Fsp3) is 0.409. The molecule has 1 N–H and O–H groups in total. The van der Waals surface area contributed by atoms with Crippen molar-refractivity contribution >= 4 is 11.6 Å². The summed E-state index contributed by atoms with van der Waals surface area (Å²) in [5, 5.41) is 2.93. The molecule has 0 radical (unpaired) electrons. The Bertz CT molecular complexity index is 719. The molecule has 4 heteroatoms. The van der Waals surface area contributed by atoms with Crippen molar-refractivity contribution in [2.24, 2.45) is 5.92 Å². The average Bonchev–Trinajstić information content (AvgIpc) is 2.65. The minimum atomic E-state index is -0.100. The molecule has 1 aliphatic heterocycles. The van der Waals surface area contributed by atoms with Gasteiger partial charge in [-0.25, -0.2) is 0 Å². The monoisotopic (exact) mass is 352 g/mol. The number of nitrogens with one attached hydrogen (secondary N) is 1. The SMILES string of the molecule is CCOc1cccc(NC(=O)c2ccc(CN3CCC(C)CC3)cc2)c1. The van der Waals surface area contributed by atoms with E-state index in [1.165, 1.54) is 31.5 Å². The van der Waals surface area contributed by atoms with Crippen molar-refractivity contribution in [3.63, 3.8) is 0 Å². The highest BCUT2D eigenvalue weighted by molar-refractivity contribution is 6.04. The maximum absolute atomic E-state index is 12.5. The van der Waals surface area contributed by atoms with Gasteiger partial charge < -0.3 is 10.1 Å². The van der Waals surface area contributed by atoms with Gasteiger partial charge in [-0.2, -0.15) is 0 Å². The Morgan fingerprint density at radius 1 is 1.15 bits per heavy atom. The van der Waals surface area contributed by atoms with Crippen LogP contribution in [0.4, 0.5) is 5.69 Å². The van der Waals surface area contributed by atoms with Crippen LogP contribution >= 0.6 is 0 Å². The van der Waals surface area contributed by atoms with Crippen molar-refractivity contribution in [3.05, 3.63) is 59.7 Å². The van der Waals surface area contributed by atoms with Gasteiger partial charge in [0.15, 0.2) is 0 Å². The molecule has 138 valence electrons. The van der Waals surface area contributed by atoms with Crippen LogP contribution in [0.5, 0.6) is 5.75 Å². The van der Waals surface area contributed by atoms with E-state index < -0.39 is 0 Å². The normalized spacial score (nSPS) is 15.6. The van der Waals surface area contributed by atoms with Crippen LogP contribution in [-0.4, -0.2) is 30.5 Å². The fourth-order valence-corrected chi connectivity index (χ4v) is 3.27. The highest BCUT2D eigenvalue weighted by atomic mass is 16.5. The van der Waals surface area contributed by atoms with Crippen LogP contribution in [0, 0.1) is 5.92 Å². The van der Waals surface area contributed by atoms with Gasteiger partial charge in [0.2, 0.25) is 0 Å². The Morgan fingerprint density at radius 2 is 1.88 bits per heavy atom. The lowest BCUT2D eigenvalue weighted by atomic mass is 9.99. The van der Waals surface area contributed by atoms with Crippen LogP contribution in [0.2, 0.25) is 0 Å². The van der Waals surface area contributed by atoms with Gasteiger partial charge in [-0.05, 0) is 68.6 Å². The minimum absolute atomic E-state index is 0.100. The lowest BCUT2D eigenvalue weighted by molar-refractivity contribution is 0.102. The maximum atomic E-state index is 12.5. The summed E-state index contributed by atoms with van der Waals surface area (Å²) in [5.74, 6) is 1.51. The van der Waals surface area contributed by atoms with Gasteiger partial charge in [-0.3, -0.25) is 9.69 Å². The van der Waals surface area contributed by atoms with Gasteiger partial charge in [0.1, 0.15) is 5.75 Å². The summed E-state index contributed by atoms with van der Waals surface area (Å²) in [5.41, 5.74) is 2.67. The molecule has 26 heavy (non-hydrogen) atoms. The third kappa shape index (κ3) is 5.09. The van der Waals surface area contributed by atoms with Crippen LogP contribution in [0.25, 0.3) is 0 Å². The first-order valence-electron chi connectivity index (χ1n) is 9.49. The van der Waals surface area contributed by atoms with Crippen molar-refractivity contribution < 1.29 is 9.53 Å². The second-order valence-electron chi connectivity index (χ2n) is 7.07. The summed E-state index contributed by atoms with van der Waals surface area (Å²) in [6, 6.07) is 15.4. The molecule has 2 aromatic carbocycles. The molecule has 0 aliphatic carbocycles. The number of amides is 1. The molecule has 3 rings (SSSR count). The Kier molecular flexibility index (Phi) is 6.29. The second kappa shape index (κ2) is 8.86. The molecule has 0 bridgehead atoms. The Balaban J connectivity index is 1.57. The van der Waals surface area contributed by atoms with Crippen molar-refractivity contribution in [2.75, 3.05) is 25.0 Å². The zero-order valence-corrected chi connectivity index (χ0v) is 15.7. The standard InChI is InChI=1S/C22H28N2O2/c1-3-26-21-6-4-5-20(15-21)23-22(25)19-9-7-18(8-10-19)16-24-13-11-17(2)12-14-24/h4-10,15,17H,3,11-14,16H2,1-2H3,(H,23,25). The molecule has 1 heterocycles. The van der Waals surface area contributed by atoms with E-state index >= 15 is 0 Å². The van der Waals surface area contributed by atoms with E-state index in [1.54, 1.807) is 0 Å². The van der Waals surface area contributed by atoms with Gasteiger partial charge in [-0.15, -0.1) is 0 Å². The molecular weight excluding hydrogens is 324 g/mol. The van der Waals surface area contributed by atoms with Crippen molar-refractivity contribution in [2.45, 2.75) is 33.2 Å². The van der Waals surface area contributed by atoms with Gasteiger partial charge in [0, 0.05) is 23.9 Å². The molecule has 1 fully saturated rings. The van der Waals surface area contributed by atoms with Gasteiger partial charge in [0.25, 0.3) is 5.91 Å². The smallest absolute Gasteiger partial charge is 0.255 e. The van der Waals surface area contributed by atoms with Crippen molar-refractivity contribution in [1.82, 2.24) is 4.90 Å². The number of hydrogen-bond acceptors (Lipinski definition) is 3. The summed E-state index contributed by atoms with van der Waals surface area (Å²) >= 11 is 0. The molecule has 0 aromatic heterocycles. The molecule has 1 saturated heterocycles. The van der Waals surface area contributed by atoms with E-state index in [1.807, 2.05) is 43.3 Å². The second-order valence-corrected chi connectivity index (χ2v) is 7.07. The van der Waals surface area contributed by atoms with E-state index in [9.17, 15) is 4.79 Å². The van der Waals surface area contributed by atoms with E-state index in [-0.39, 0.29) is 5.91 Å². The first kappa shape index (κ1) is 18.5. The highest BCUT2D eigenvalue weighted by Crippen LogP contribution is 2.20. The lowest BCUT2D eigenvalue weighted by Gasteiger charge is -2.30. The quantitative estimate of drug-likeness (QED) is 0.828. The summed E-state index contributed by atoms with van der Waals surface area (Å²) in [4.78, 5) is 15.0. The van der Waals surface area contributed by atoms with Gasteiger partial charge >= 0.3 is 0 Å². The van der Waals surface area contributed by atoms with Crippen LogP contribution < -0.4 is 10.1 Å². The van der Waals surface area contributed by atoms with E-state index in [4.69, 9.17) is 4.74 Å². The zero-order chi connectivity index (χ0) is 18.4. The Hall–Kier alpha value is -2.33. The molecular formula is C22H28N2O2. The van der Waals surface area contributed by atoms with Crippen LogP contribution in [0.15, 0.2) is 48.5 Å². The fourth-order valence-electron chi connectivity index (χ4n) is 3.27. The number of ether oxygens (including phenoxy) is 1. The molecule has 0 unspecified atom stereocenters. The largest absolute Gasteiger partial charge is 0.494 e. The molecule has 0 atom stereocenters. The number of carbonyl (C=O) groups excluding carboxylic acids is 1. The minimum Gasteiger partial charge on any atom is -0.494 e. The highest BCUT2D eigenvalue weighted by Gasteiger charge is 2.15. The number of hydrogen-bond donors (Lipinski definition) is 1. The topological polar surface area (TPSA) is 41.6 Å². The van der Waals surface area contributed by atoms with E-state index in [2.05, 4.69) is 29.3 Å². The van der Waals surface area contributed by atoms with E-state index in [0.717, 1.165) is 23.9 Å². The zero-order valence-electron chi connectivity index (χ0n) is 15.7. The number of rotatable bonds is 6. The van der Waals surface area contributed by atoms with Gasteiger partial charge in [-0.1, -0.05) is 25.1 Å². The third-order valence-corrected chi connectivity index (χ3v) is 4.90. The molecule has 0 spiro atoms. The van der Waals surface area contributed by atoms with Crippen molar-refractivity contribution in [1.29, 1.82) is 0 Å². The lowest BCUT2D eigenvalue weighted by Crippen LogP contribution is -2.32. The van der Waals surface area contributed by atoms with Crippen LogP contribution in [-0.2, 0) is 6.54 Å². The van der Waals surface area contributed by atoms with Crippen LogP contribution in [0.3, 0.4) is 0 Å². The summed E-state index contributed by atoms with van der Waals surface area (Å²) < 4.78 is 5.47. The number of anilines is 1.